The lowest BCUT2D eigenvalue weighted by atomic mass is 10.0. The molecule has 0 unspecified atom stereocenters. The van der Waals surface area contributed by atoms with Gasteiger partial charge in [-0.25, -0.2) is 4.98 Å². The normalized spacial score (nSPS) is 13.8. The maximum atomic E-state index is 11.9. The molecule has 1 aliphatic rings. The molecule has 0 bridgehead atoms. The van der Waals surface area contributed by atoms with E-state index >= 15 is 0 Å². The van der Waals surface area contributed by atoms with Crippen LogP contribution in [0.4, 0.5) is 11.5 Å². The fourth-order valence-electron chi connectivity index (χ4n) is 2.74. The molecule has 3 heterocycles. The van der Waals surface area contributed by atoms with E-state index in [9.17, 15) is 4.79 Å². The number of methoxy groups -OCH3 is 1. The van der Waals surface area contributed by atoms with Crippen LogP contribution >= 0.6 is 0 Å². The van der Waals surface area contributed by atoms with Gasteiger partial charge < -0.3 is 15.4 Å². The average Bonchev–Trinajstić information content (AvgIpc) is 2.69. The SMILES string of the molecule is C/C=C(/C=C\C(=C/C)c1cc2c(c(NCc3ccncc3)n1)C(=O)N2)OC. The monoisotopic (exact) mass is 362 g/mol. The molecule has 138 valence electrons. The summed E-state index contributed by atoms with van der Waals surface area (Å²) in [5.74, 6) is 1.23. The summed E-state index contributed by atoms with van der Waals surface area (Å²) >= 11 is 0. The molecule has 0 aromatic carbocycles. The molecular weight excluding hydrogens is 340 g/mol. The molecule has 0 fully saturated rings. The van der Waals surface area contributed by atoms with Crippen molar-refractivity contribution in [3.05, 3.63) is 77.5 Å². The van der Waals surface area contributed by atoms with Crippen molar-refractivity contribution < 1.29 is 9.53 Å². The molecule has 0 saturated carbocycles. The molecule has 0 saturated heterocycles. The lowest BCUT2D eigenvalue weighted by molar-refractivity contribution is 0.101. The summed E-state index contributed by atoms with van der Waals surface area (Å²) in [6.45, 7) is 4.43. The number of ether oxygens (including phenoxy) is 1. The second kappa shape index (κ2) is 8.31. The molecule has 0 atom stereocenters. The summed E-state index contributed by atoms with van der Waals surface area (Å²) in [5.41, 5.74) is 4.15. The van der Waals surface area contributed by atoms with Gasteiger partial charge in [-0.15, -0.1) is 0 Å². The maximum Gasteiger partial charge on any atom is 0.261 e. The van der Waals surface area contributed by atoms with Crippen LogP contribution in [-0.2, 0) is 11.3 Å². The van der Waals surface area contributed by atoms with E-state index < -0.39 is 0 Å². The van der Waals surface area contributed by atoms with Gasteiger partial charge in [-0.3, -0.25) is 9.78 Å². The lowest BCUT2D eigenvalue weighted by Gasteiger charge is -2.24. The summed E-state index contributed by atoms with van der Waals surface area (Å²) in [7, 11) is 1.63. The lowest BCUT2D eigenvalue weighted by Crippen LogP contribution is -2.27. The quantitative estimate of drug-likeness (QED) is 0.571. The van der Waals surface area contributed by atoms with Crippen molar-refractivity contribution >= 4 is 23.0 Å². The Morgan fingerprint density at radius 1 is 1.22 bits per heavy atom. The highest BCUT2D eigenvalue weighted by Gasteiger charge is 2.28. The number of nitrogens with zero attached hydrogens (tertiary/aromatic N) is 2. The van der Waals surface area contributed by atoms with Crippen molar-refractivity contribution in [2.24, 2.45) is 0 Å². The first kappa shape index (κ1) is 18.4. The van der Waals surface area contributed by atoms with Crippen molar-refractivity contribution in [3.63, 3.8) is 0 Å². The van der Waals surface area contributed by atoms with E-state index in [0.717, 1.165) is 28.3 Å². The molecule has 2 aromatic heterocycles. The predicted molar refractivity (Wildman–Crippen MR) is 107 cm³/mol. The second-order valence-corrected chi connectivity index (χ2v) is 5.91. The number of hydrogen-bond acceptors (Lipinski definition) is 5. The predicted octanol–water partition coefficient (Wildman–Crippen LogP) is 4.16. The third kappa shape index (κ3) is 4.06. The third-order valence-electron chi connectivity index (χ3n) is 4.26. The number of anilines is 2. The number of fused-ring (bicyclic) bond motifs is 1. The van der Waals surface area contributed by atoms with E-state index in [0.29, 0.717) is 17.9 Å². The Hall–Kier alpha value is -3.41. The maximum absolute atomic E-state index is 11.9. The van der Waals surface area contributed by atoms with Crippen molar-refractivity contribution in [3.8, 4) is 0 Å². The van der Waals surface area contributed by atoms with E-state index in [1.165, 1.54) is 0 Å². The van der Waals surface area contributed by atoms with Gasteiger partial charge >= 0.3 is 0 Å². The van der Waals surface area contributed by atoms with Crippen LogP contribution in [0.1, 0.15) is 35.5 Å². The van der Waals surface area contributed by atoms with Gasteiger partial charge in [0, 0.05) is 18.9 Å². The van der Waals surface area contributed by atoms with Crippen LogP contribution in [0.25, 0.3) is 5.57 Å². The van der Waals surface area contributed by atoms with Crippen LogP contribution in [0.5, 0.6) is 0 Å². The zero-order chi connectivity index (χ0) is 19.2. The molecule has 1 aliphatic heterocycles. The van der Waals surface area contributed by atoms with Crippen molar-refractivity contribution in [2.45, 2.75) is 20.4 Å². The number of amides is 1. The summed E-state index contributed by atoms with van der Waals surface area (Å²) < 4.78 is 5.26. The van der Waals surface area contributed by atoms with Gasteiger partial charge in [0.1, 0.15) is 17.1 Å². The zero-order valence-electron chi connectivity index (χ0n) is 15.6. The van der Waals surface area contributed by atoms with Gasteiger partial charge in [0.2, 0.25) is 0 Å². The van der Waals surface area contributed by atoms with Crippen molar-refractivity contribution in [2.75, 3.05) is 17.7 Å². The molecule has 3 rings (SSSR count). The minimum absolute atomic E-state index is 0.116. The Morgan fingerprint density at radius 3 is 2.63 bits per heavy atom. The van der Waals surface area contributed by atoms with Crippen LogP contribution in [-0.4, -0.2) is 23.0 Å². The Morgan fingerprint density at radius 2 is 2.00 bits per heavy atom. The van der Waals surface area contributed by atoms with Crippen LogP contribution < -0.4 is 10.6 Å². The van der Waals surface area contributed by atoms with Crippen LogP contribution in [0.2, 0.25) is 0 Å². The Balaban J connectivity index is 1.89. The van der Waals surface area contributed by atoms with Crippen LogP contribution in [0.15, 0.2) is 60.7 Å². The summed E-state index contributed by atoms with van der Waals surface area (Å²) in [6, 6.07) is 5.73. The molecule has 0 spiro atoms. The fourth-order valence-corrected chi connectivity index (χ4v) is 2.74. The van der Waals surface area contributed by atoms with Gasteiger partial charge in [-0.1, -0.05) is 6.08 Å². The molecule has 1 amide bonds. The van der Waals surface area contributed by atoms with Crippen molar-refractivity contribution in [1.82, 2.24) is 9.97 Å². The van der Waals surface area contributed by atoms with E-state index in [1.54, 1.807) is 19.5 Å². The number of pyridine rings is 2. The minimum atomic E-state index is -0.116. The molecule has 2 aromatic rings. The molecule has 6 heteroatoms. The number of hydrogen-bond donors (Lipinski definition) is 2. The largest absolute Gasteiger partial charge is 0.497 e. The van der Waals surface area contributed by atoms with Gasteiger partial charge in [-0.05, 0) is 61.4 Å². The second-order valence-electron chi connectivity index (χ2n) is 5.91. The molecule has 0 radical (unpaired) electrons. The Kier molecular flexibility index (Phi) is 5.66. The number of rotatable bonds is 7. The minimum Gasteiger partial charge on any atom is -0.497 e. The number of nitrogens with one attached hydrogen (secondary N) is 2. The highest BCUT2D eigenvalue weighted by molar-refractivity contribution is 6.21. The first-order chi connectivity index (χ1) is 13.2. The topological polar surface area (TPSA) is 76.1 Å². The number of aromatic nitrogens is 2. The molecule has 0 aliphatic carbocycles. The highest BCUT2D eigenvalue weighted by Crippen LogP contribution is 2.34. The van der Waals surface area contributed by atoms with Crippen LogP contribution in [0.3, 0.4) is 0 Å². The summed E-state index contributed by atoms with van der Waals surface area (Å²) in [5, 5.41) is 6.09. The molecular formula is C21H22N4O2. The first-order valence-electron chi connectivity index (χ1n) is 8.70. The van der Waals surface area contributed by atoms with E-state index in [2.05, 4.69) is 20.6 Å². The fraction of sp³-hybridized carbons (Fsp3) is 0.190. The molecule has 27 heavy (non-hydrogen) atoms. The van der Waals surface area contributed by atoms with Crippen LogP contribution in [0, 0.1) is 0 Å². The standard InChI is InChI=1S/C21H22N4O2/c1-4-15(6-7-16(5-2)27-3)17-12-18-19(21(26)25-18)20(24-17)23-13-14-8-10-22-11-9-14/h4-12H,13H2,1-3H3,(H,23,24)(H,25,26)/b7-6-,15-4+,16-5-. The summed E-state index contributed by atoms with van der Waals surface area (Å²) in [6.07, 6.45) is 11.2. The van der Waals surface area contributed by atoms with E-state index in [1.807, 2.05) is 56.4 Å². The zero-order valence-corrected chi connectivity index (χ0v) is 15.6. The first-order valence-corrected chi connectivity index (χ1v) is 8.70. The van der Waals surface area contributed by atoms with Crippen molar-refractivity contribution in [1.29, 1.82) is 0 Å². The number of allylic oxidation sites excluding steroid dienone is 5. The average molecular weight is 362 g/mol. The van der Waals surface area contributed by atoms with Gasteiger partial charge in [0.05, 0.1) is 18.5 Å². The third-order valence-corrected chi connectivity index (χ3v) is 4.26. The molecule has 2 N–H and O–H groups in total. The van der Waals surface area contributed by atoms with Gasteiger partial charge in [0.25, 0.3) is 5.91 Å². The van der Waals surface area contributed by atoms with Gasteiger partial charge in [0.15, 0.2) is 0 Å². The number of carbonyl (C=O) groups excluding carboxylic acids is 1. The van der Waals surface area contributed by atoms with E-state index in [4.69, 9.17) is 4.74 Å². The number of carbonyl (C=O) groups is 1. The Bertz CT molecular complexity index is 931. The Labute approximate surface area is 158 Å². The highest BCUT2D eigenvalue weighted by atomic mass is 16.5. The smallest absolute Gasteiger partial charge is 0.261 e. The van der Waals surface area contributed by atoms with E-state index in [-0.39, 0.29) is 5.91 Å². The summed E-state index contributed by atoms with van der Waals surface area (Å²) in [4.78, 5) is 20.6. The molecule has 6 nitrogen and oxygen atoms in total. The van der Waals surface area contributed by atoms with Gasteiger partial charge in [-0.2, -0.15) is 0 Å².